The van der Waals surface area contributed by atoms with Crippen LogP contribution in [0, 0.1) is 6.92 Å². The van der Waals surface area contributed by atoms with Gasteiger partial charge in [-0.1, -0.05) is 6.07 Å². The Kier molecular flexibility index (Phi) is 7.36. The molecule has 2 saturated heterocycles. The quantitative estimate of drug-likeness (QED) is 0.603. The summed E-state index contributed by atoms with van der Waals surface area (Å²) in [5, 5.41) is 3.41. The molecule has 1 aromatic carbocycles. The molecule has 1 unspecified atom stereocenters. The number of hydrogen-bond acceptors (Lipinski definition) is 4. The minimum Gasteiger partial charge on any atom is -0.378 e. The summed E-state index contributed by atoms with van der Waals surface area (Å²) in [5.74, 6) is 1.08. The fourth-order valence-electron chi connectivity index (χ4n) is 3.84. The Hall–Kier alpha value is -2.28. The van der Waals surface area contributed by atoms with Crippen molar-refractivity contribution >= 4 is 17.6 Å². The van der Waals surface area contributed by atoms with E-state index >= 15 is 0 Å². The third kappa shape index (κ3) is 5.41. The van der Waals surface area contributed by atoms with Crippen LogP contribution in [0.15, 0.2) is 23.2 Å². The average Bonchev–Trinajstić information content (AvgIpc) is 3.26. The second-order valence-electron chi connectivity index (χ2n) is 7.99. The molecule has 2 aliphatic rings. The van der Waals surface area contributed by atoms with Gasteiger partial charge in [-0.3, -0.25) is 4.79 Å². The van der Waals surface area contributed by atoms with Gasteiger partial charge in [0.1, 0.15) is 6.10 Å². The van der Waals surface area contributed by atoms with Crippen molar-refractivity contribution < 1.29 is 9.53 Å². The lowest BCUT2D eigenvalue weighted by molar-refractivity contribution is -0.142. The third-order valence-corrected chi connectivity index (χ3v) is 5.67. The Balaban J connectivity index is 1.60. The first-order valence-electron chi connectivity index (χ1n) is 10.7. The van der Waals surface area contributed by atoms with Gasteiger partial charge in [0.25, 0.3) is 5.91 Å². The number of hydrogen-bond donors (Lipinski definition) is 1. The SMILES string of the molecule is CCNC(=NCc1ccc(N(C)C)cc1C)N1CCN(C(=O)C2CCCO2)CC1. The molecular formula is C22H35N5O2. The summed E-state index contributed by atoms with van der Waals surface area (Å²) in [6, 6.07) is 6.50. The molecule has 2 heterocycles. The zero-order valence-corrected chi connectivity index (χ0v) is 18.3. The summed E-state index contributed by atoms with van der Waals surface area (Å²) in [6.07, 6.45) is 1.62. The summed E-state index contributed by atoms with van der Waals surface area (Å²) < 4.78 is 5.56. The molecule has 2 aliphatic heterocycles. The maximum absolute atomic E-state index is 12.6. The Morgan fingerprint density at radius 1 is 1.24 bits per heavy atom. The van der Waals surface area contributed by atoms with E-state index in [4.69, 9.17) is 9.73 Å². The number of rotatable bonds is 5. The van der Waals surface area contributed by atoms with E-state index in [1.54, 1.807) is 0 Å². The number of nitrogens with one attached hydrogen (secondary N) is 1. The van der Waals surface area contributed by atoms with Crippen molar-refractivity contribution in [3.8, 4) is 0 Å². The number of benzene rings is 1. The molecular weight excluding hydrogens is 366 g/mol. The third-order valence-electron chi connectivity index (χ3n) is 5.67. The van der Waals surface area contributed by atoms with Crippen molar-refractivity contribution in [3.63, 3.8) is 0 Å². The van der Waals surface area contributed by atoms with Crippen LogP contribution in [0.25, 0.3) is 0 Å². The second kappa shape index (κ2) is 9.96. The second-order valence-corrected chi connectivity index (χ2v) is 7.99. The molecule has 0 spiro atoms. The highest BCUT2D eigenvalue weighted by molar-refractivity contribution is 5.83. The summed E-state index contributed by atoms with van der Waals surface area (Å²) in [5.41, 5.74) is 3.69. The molecule has 0 saturated carbocycles. The van der Waals surface area contributed by atoms with Crippen LogP contribution < -0.4 is 10.2 Å². The van der Waals surface area contributed by atoms with Crippen molar-refractivity contribution in [3.05, 3.63) is 29.3 Å². The lowest BCUT2D eigenvalue weighted by atomic mass is 10.1. The molecule has 1 N–H and O–H groups in total. The van der Waals surface area contributed by atoms with Crippen LogP contribution in [0.5, 0.6) is 0 Å². The van der Waals surface area contributed by atoms with Crippen molar-refractivity contribution in [1.29, 1.82) is 0 Å². The zero-order chi connectivity index (χ0) is 20.8. The van der Waals surface area contributed by atoms with Gasteiger partial charge < -0.3 is 24.8 Å². The minimum absolute atomic E-state index is 0.153. The molecule has 0 radical (unpaired) electrons. The Labute approximate surface area is 174 Å². The number of carbonyl (C=O) groups excluding carboxylic acids is 1. The van der Waals surface area contributed by atoms with Crippen LogP contribution >= 0.6 is 0 Å². The van der Waals surface area contributed by atoms with Crippen LogP contribution in [0.4, 0.5) is 5.69 Å². The number of ether oxygens (including phenoxy) is 1. The molecule has 1 amide bonds. The zero-order valence-electron chi connectivity index (χ0n) is 18.3. The molecule has 0 aliphatic carbocycles. The van der Waals surface area contributed by atoms with E-state index in [-0.39, 0.29) is 12.0 Å². The van der Waals surface area contributed by atoms with Gasteiger partial charge >= 0.3 is 0 Å². The Morgan fingerprint density at radius 2 is 1.97 bits per heavy atom. The number of aryl methyl sites for hydroxylation is 1. The van der Waals surface area contributed by atoms with Crippen molar-refractivity contribution in [2.45, 2.75) is 39.3 Å². The summed E-state index contributed by atoms with van der Waals surface area (Å²) in [7, 11) is 4.11. The molecule has 1 atom stereocenters. The highest BCUT2D eigenvalue weighted by Crippen LogP contribution is 2.19. The normalized spacial score (nSPS) is 20.1. The van der Waals surface area contributed by atoms with E-state index in [0.29, 0.717) is 13.2 Å². The largest absolute Gasteiger partial charge is 0.378 e. The van der Waals surface area contributed by atoms with Crippen LogP contribution in [-0.2, 0) is 16.1 Å². The van der Waals surface area contributed by atoms with Gasteiger partial charge in [0.2, 0.25) is 0 Å². The number of aliphatic imine (C=N–C) groups is 1. The number of anilines is 1. The average molecular weight is 402 g/mol. The highest BCUT2D eigenvalue weighted by atomic mass is 16.5. The van der Waals surface area contributed by atoms with E-state index in [2.05, 4.69) is 61.3 Å². The standard InChI is InChI=1S/C22H35N5O2/c1-5-23-22(24-16-18-8-9-19(25(3)4)15-17(18)2)27-12-10-26(11-13-27)21(28)20-7-6-14-29-20/h8-9,15,20H,5-7,10-14,16H2,1-4H3,(H,23,24). The number of piperazine rings is 1. The van der Waals surface area contributed by atoms with Crippen LogP contribution in [0.3, 0.4) is 0 Å². The van der Waals surface area contributed by atoms with Crippen LogP contribution in [0.2, 0.25) is 0 Å². The molecule has 2 fully saturated rings. The van der Waals surface area contributed by atoms with E-state index in [1.165, 1.54) is 16.8 Å². The topological polar surface area (TPSA) is 60.4 Å². The van der Waals surface area contributed by atoms with E-state index in [9.17, 15) is 4.79 Å². The maximum atomic E-state index is 12.6. The number of amides is 1. The first kappa shape index (κ1) is 21.4. The van der Waals surface area contributed by atoms with Gasteiger partial charge in [-0.15, -0.1) is 0 Å². The summed E-state index contributed by atoms with van der Waals surface area (Å²) >= 11 is 0. The molecule has 0 aromatic heterocycles. The smallest absolute Gasteiger partial charge is 0.251 e. The summed E-state index contributed by atoms with van der Waals surface area (Å²) in [6.45, 7) is 9.45. The molecule has 1 aromatic rings. The molecule has 7 nitrogen and oxygen atoms in total. The molecule has 160 valence electrons. The highest BCUT2D eigenvalue weighted by Gasteiger charge is 2.30. The van der Waals surface area contributed by atoms with Gasteiger partial charge in [0.05, 0.1) is 6.54 Å². The fourth-order valence-corrected chi connectivity index (χ4v) is 3.84. The monoisotopic (exact) mass is 401 g/mol. The number of nitrogens with zero attached hydrogens (tertiary/aromatic N) is 4. The molecule has 7 heteroatoms. The lowest BCUT2D eigenvalue weighted by Gasteiger charge is -2.37. The first-order valence-corrected chi connectivity index (χ1v) is 10.7. The van der Waals surface area contributed by atoms with Gasteiger partial charge in [-0.05, 0) is 49.9 Å². The fraction of sp³-hybridized carbons (Fsp3) is 0.636. The van der Waals surface area contributed by atoms with Crippen LogP contribution in [-0.4, -0.2) is 81.2 Å². The Morgan fingerprint density at radius 3 is 2.55 bits per heavy atom. The summed E-state index contributed by atoms with van der Waals surface area (Å²) in [4.78, 5) is 23.8. The van der Waals surface area contributed by atoms with Crippen LogP contribution in [0.1, 0.15) is 30.9 Å². The van der Waals surface area contributed by atoms with E-state index in [1.807, 2.05) is 4.90 Å². The van der Waals surface area contributed by atoms with E-state index in [0.717, 1.165) is 51.5 Å². The van der Waals surface area contributed by atoms with Gasteiger partial charge in [0.15, 0.2) is 5.96 Å². The number of guanidine groups is 1. The Bertz CT molecular complexity index is 720. The molecule has 0 bridgehead atoms. The minimum atomic E-state index is -0.225. The predicted octanol–water partition coefficient (Wildman–Crippen LogP) is 1.85. The molecule has 29 heavy (non-hydrogen) atoms. The first-order chi connectivity index (χ1) is 14.0. The van der Waals surface area contributed by atoms with Crippen molar-refractivity contribution in [2.75, 3.05) is 58.3 Å². The maximum Gasteiger partial charge on any atom is 0.251 e. The van der Waals surface area contributed by atoms with Crippen molar-refractivity contribution in [2.24, 2.45) is 4.99 Å². The van der Waals surface area contributed by atoms with E-state index < -0.39 is 0 Å². The lowest BCUT2D eigenvalue weighted by Crippen LogP contribution is -2.55. The van der Waals surface area contributed by atoms with Gasteiger partial charge in [-0.25, -0.2) is 4.99 Å². The predicted molar refractivity (Wildman–Crippen MR) is 117 cm³/mol. The molecule has 3 rings (SSSR count). The van der Waals surface area contributed by atoms with Crippen molar-refractivity contribution in [1.82, 2.24) is 15.1 Å². The number of carbonyl (C=O) groups is 1. The van der Waals surface area contributed by atoms with Gasteiger partial charge in [0, 0.05) is 59.1 Å². The van der Waals surface area contributed by atoms with Gasteiger partial charge in [-0.2, -0.15) is 0 Å².